The third-order valence-electron chi connectivity index (χ3n) is 3.82. The number of likely N-dealkylation sites (tertiary alicyclic amines) is 1. The molecule has 1 aliphatic heterocycles. The zero-order valence-electron chi connectivity index (χ0n) is 12.5. The van der Waals surface area contributed by atoms with Crippen LogP contribution in [0.25, 0.3) is 0 Å². The lowest BCUT2D eigenvalue weighted by Gasteiger charge is -2.30. The number of carbonyl (C=O) groups excluding carboxylic acids is 2. The molecule has 1 atom stereocenters. The second kappa shape index (κ2) is 7.11. The fourth-order valence-corrected chi connectivity index (χ4v) is 2.58. The molecule has 0 bridgehead atoms. The van der Waals surface area contributed by atoms with Crippen LogP contribution >= 0.6 is 0 Å². The SMILES string of the molecule is CC1CCCN(CCCC(=O)Nc2ccc(N)cc2)C1=O. The number of benzene rings is 1. The van der Waals surface area contributed by atoms with E-state index >= 15 is 0 Å². The maximum Gasteiger partial charge on any atom is 0.225 e. The zero-order valence-corrected chi connectivity index (χ0v) is 12.5. The van der Waals surface area contributed by atoms with Crippen molar-refractivity contribution in [2.45, 2.75) is 32.6 Å². The molecule has 1 aromatic carbocycles. The second-order valence-corrected chi connectivity index (χ2v) is 5.64. The monoisotopic (exact) mass is 289 g/mol. The summed E-state index contributed by atoms with van der Waals surface area (Å²) in [5.41, 5.74) is 7.01. The maximum absolute atomic E-state index is 11.9. The lowest BCUT2D eigenvalue weighted by atomic mass is 9.99. The standard InChI is InChI=1S/C16H23N3O2/c1-12-4-2-10-19(16(12)21)11-3-5-15(20)18-14-8-6-13(17)7-9-14/h6-9,12H,2-5,10-11,17H2,1H3,(H,18,20). The van der Waals surface area contributed by atoms with Crippen molar-refractivity contribution in [3.8, 4) is 0 Å². The molecule has 0 aromatic heterocycles. The van der Waals surface area contributed by atoms with Gasteiger partial charge in [-0.15, -0.1) is 0 Å². The largest absolute Gasteiger partial charge is 0.399 e. The minimum absolute atomic E-state index is 0.0303. The van der Waals surface area contributed by atoms with Crippen molar-refractivity contribution < 1.29 is 9.59 Å². The Labute approximate surface area is 125 Å². The quantitative estimate of drug-likeness (QED) is 0.816. The predicted octanol–water partition coefficient (Wildman–Crippen LogP) is 2.25. The molecule has 0 radical (unpaired) electrons. The van der Waals surface area contributed by atoms with Crippen LogP contribution in [0.1, 0.15) is 32.6 Å². The molecule has 0 aliphatic carbocycles. The average molecular weight is 289 g/mol. The number of nitrogens with zero attached hydrogens (tertiary/aromatic N) is 1. The molecule has 1 unspecified atom stereocenters. The Morgan fingerprint density at radius 1 is 1.38 bits per heavy atom. The van der Waals surface area contributed by atoms with Crippen LogP contribution in [0.15, 0.2) is 24.3 Å². The number of nitrogens with one attached hydrogen (secondary N) is 1. The number of rotatable bonds is 5. The highest BCUT2D eigenvalue weighted by Crippen LogP contribution is 2.17. The van der Waals surface area contributed by atoms with Gasteiger partial charge in [-0.1, -0.05) is 6.92 Å². The molecular formula is C16H23N3O2. The maximum atomic E-state index is 11.9. The van der Waals surface area contributed by atoms with Gasteiger partial charge in [0.2, 0.25) is 11.8 Å². The summed E-state index contributed by atoms with van der Waals surface area (Å²) in [7, 11) is 0. The molecular weight excluding hydrogens is 266 g/mol. The first-order chi connectivity index (χ1) is 10.1. The van der Waals surface area contributed by atoms with Crippen molar-refractivity contribution in [3.63, 3.8) is 0 Å². The van der Waals surface area contributed by atoms with E-state index in [2.05, 4.69) is 5.32 Å². The summed E-state index contributed by atoms with van der Waals surface area (Å²) >= 11 is 0. The van der Waals surface area contributed by atoms with Crippen molar-refractivity contribution >= 4 is 23.2 Å². The van der Waals surface area contributed by atoms with Gasteiger partial charge >= 0.3 is 0 Å². The van der Waals surface area contributed by atoms with Crippen molar-refractivity contribution in [1.29, 1.82) is 0 Å². The van der Waals surface area contributed by atoms with Crippen LogP contribution in [0.4, 0.5) is 11.4 Å². The Morgan fingerprint density at radius 2 is 2.10 bits per heavy atom. The smallest absolute Gasteiger partial charge is 0.225 e. The third kappa shape index (κ3) is 4.48. The van der Waals surface area contributed by atoms with Crippen LogP contribution in [0, 0.1) is 5.92 Å². The summed E-state index contributed by atoms with van der Waals surface area (Å²) in [6.07, 6.45) is 3.15. The Hall–Kier alpha value is -2.04. The van der Waals surface area contributed by atoms with E-state index < -0.39 is 0 Å². The molecule has 1 aliphatic rings. The van der Waals surface area contributed by atoms with E-state index in [9.17, 15) is 9.59 Å². The van der Waals surface area contributed by atoms with Gasteiger partial charge in [0, 0.05) is 36.8 Å². The molecule has 1 aromatic rings. The Balaban J connectivity index is 1.71. The Kier molecular flexibility index (Phi) is 5.20. The number of anilines is 2. The van der Waals surface area contributed by atoms with Crippen molar-refractivity contribution in [2.24, 2.45) is 5.92 Å². The fraction of sp³-hybridized carbons (Fsp3) is 0.500. The Morgan fingerprint density at radius 3 is 2.81 bits per heavy atom. The minimum Gasteiger partial charge on any atom is -0.399 e. The normalized spacial score (nSPS) is 18.6. The van der Waals surface area contributed by atoms with Crippen LogP contribution in [-0.4, -0.2) is 29.8 Å². The third-order valence-corrected chi connectivity index (χ3v) is 3.82. The first-order valence-electron chi connectivity index (χ1n) is 7.50. The molecule has 1 saturated heterocycles. The van der Waals surface area contributed by atoms with Gasteiger partial charge in [-0.2, -0.15) is 0 Å². The topological polar surface area (TPSA) is 75.4 Å². The van der Waals surface area contributed by atoms with Crippen molar-refractivity contribution in [3.05, 3.63) is 24.3 Å². The molecule has 114 valence electrons. The van der Waals surface area contributed by atoms with E-state index in [0.717, 1.165) is 25.1 Å². The van der Waals surface area contributed by atoms with Crippen molar-refractivity contribution in [1.82, 2.24) is 4.90 Å². The lowest BCUT2D eigenvalue weighted by molar-refractivity contribution is -0.138. The number of nitrogen functional groups attached to an aromatic ring is 1. The highest BCUT2D eigenvalue weighted by Gasteiger charge is 2.24. The zero-order chi connectivity index (χ0) is 15.2. The summed E-state index contributed by atoms with van der Waals surface area (Å²) in [6, 6.07) is 7.07. The molecule has 1 heterocycles. The molecule has 21 heavy (non-hydrogen) atoms. The second-order valence-electron chi connectivity index (χ2n) is 5.64. The summed E-state index contributed by atoms with van der Waals surface area (Å²) in [5, 5.41) is 2.83. The van der Waals surface area contributed by atoms with Crippen LogP contribution in [0.5, 0.6) is 0 Å². The van der Waals surface area contributed by atoms with Gasteiger partial charge in [-0.25, -0.2) is 0 Å². The van der Waals surface area contributed by atoms with E-state index in [1.807, 2.05) is 11.8 Å². The number of amides is 2. The van der Waals surface area contributed by atoms with E-state index in [4.69, 9.17) is 5.73 Å². The first-order valence-corrected chi connectivity index (χ1v) is 7.50. The van der Waals surface area contributed by atoms with E-state index in [-0.39, 0.29) is 17.7 Å². The summed E-state index contributed by atoms with van der Waals surface area (Å²) < 4.78 is 0. The molecule has 2 amide bonds. The van der Waals surface area contributed by atoms with Crippen LogP contribution < -0.4 is 11.1 Å². The first kappa shape index (κ1) is 15.4. The number of nitrogens with two attached hydrogens (primary N) is 1. The van der Waals surface area contributed by atoms with Gasteiger partial charge in [-0.3, -0.25) is 9.59 Å². The average Bonchev–Trinajstić information content (AvgIpc) is 2.46. The van der Waals surface area contributed by atoms with Crippen molar-refractivity contribution in [2.75, 3.05) is 24.1 Å². The number of carbonyl (C=O) groups is 2. The Bertz CT molecular complexity index is 499. The van der Waals surface area contributed by atoms with Gasteiger partial charge in [0.25, 0.3) is 0 Å². The highest BCUT2D eigenvalue weighted by molar-refractivity contribution is 5.90. The van der Waals surface area contributed by atoms with E-state index in [1.54, 1.807) is 24.3 Å². The van der Waals surface area contributed by atoms with Gasteiger partial charge in [0.05, 0.1) is 0 Å². The fourth-order valence-electron chi connectivity index (χ4n) is 2.58. The van der Waals surface area contributed by atoms with Crippen LogP contribution in [0.2, 0.25) is 0 Å². The van der Waals surface area contributed by atoms with E-state index in [0.29, 0.717) is 25.1 Å². The molecule has 0 spiro atoms. The molecule has 3 N–H and O–H groups in total. The van der Waals surface area contributed by atoms with Gasteiger partial charge in [-0.05, 0) is 43.5 Å². The van der Waals surface area contributed by atoms with Crippen LogP contribution in [0.3, 0.4) is 0 Å². The number of hydrogen-bond donors (Lipinski definition) is 2. The minimum atomic E-state index is -0.0303. The lowest BCUT2D eigenvalue weighted by Crippen LogP contribution is -2.40. The van der Waals surface area contributed by atoms with Gasteiger partial charge in [0.15, 0.2) is 0 Å². The summed E-state index contributed by atoms with van der Waals surface area (Å²) in [4.78, 5) is 25.7. The van der Waals surface area contributed by atoms with Gasteiger partial charge in [0.1, 0.15) is 0 Å². The highest BCUT2D eigenvalue weighted by atomic mass is 16.2. The summed E-state index contributed by atoms with van der Waals surface area (Å²) in [6.45, 7) is 3.46. The molecule has 5 heteroatoms. The van der Waals surface area contributed by atoms with E-state index in [1.165, 1.54) is 0 Å². The number of piperidine rings is 1. The molecule has 5 nitrogen and oxygen atoms in total. The predicted molar refractivity (Wildman–Crippen MR) is 83.7 cm³/mol. The molecule has 0 saturated carbocycles. The van der Waals surface area contributed by atoms with Crippen LogP contribution in [-0.2, 0) is 9.59 Å². The molecule has 2 rings (SSSR count). The van der Waals surface area contributed by atoms with Gasteiger partial charge < -0.3 is 16.0 Å². The molecule has 1 fully saturated rings. The summed E-state index contributed by atoms with van der Waals surface area (Å²) in [5.74, 6) is 0.319. The number of hydrogen-bond acceptors (Lipinski definition) is 3.